The lowest BCUT2D eigenvalue weighted by atomic mass is 10.1. The predicted molar refractivity (Wildman–Crippen MR) is 68.3 cm³/mol. The van der Waals surface area contributed by atoms with Crippen LogP contribution in [0.15, 0.2) is 30.3 Å². The molecular weight excluding hydrogens is 252 g/mol. The SMILES string of the molecule is CC(CCCBr)COCc1ccccc1. The van der Waals surface area contributed by atoms with Crippen LogP contribution < -0.4 is 0 Å². The second-order valence-corrected chi connectivity index (χ2v) is 4.73. The van der Waals surface area contributed by atoms with Crippen LogP contribution in [0.1, 0.15) is 25.3 Å². The third-order valence-electron chi connectivity index (χ3n) is 2.34. The summed E-state index contributed by atoms with van der Waals surface area (Å²) in [6, 6.07) is 10.3. The van der Waals surface area contributed by atoms with Crippen molar-refractivity contribution >= 4 is 15.9 Å². The van der Waals surface area contributed by atoms with Crippen molar-refractivity contribution in [2.75, 3.05) is 11.9 Å². The van der Waals surface area contributed by atoms with Crippen molar-refractivity contribution in [3.05, 3.63) is 35.9 Å². The first-order chi connectivity index (χ1) is 7.33. The van der Waals surface area contributed by atoms with Gasteiger partial charge in [-0.25, -0.2) is 0 Å². The van der Waals surface area contributed by atoms with E-state index in [1.165, 1.54) is 18.4 Å². The van der Waals surface area contributed by atoms with Gasteiger partial charge < -0.3 is 4.74 Å². The van der Waals surface area contributed by atoms with Gasteiger partial charge in [0.1, 0.15) is 0 Å². The third-order valence-corrected chi connectivity index (χ3v) is 2.91. The summed E-state index contributed by atoms with van der Waals surface area (Å²) < 4.78 is 5.66. The molecule has 0 bridgehead atoms. The summed E-state index contributed by atoms with van der Waals surface area (Å²) in [6.45, 7) is 3.84. The first kappa shape index (κ1) is 12.7. The van der Waals surface area contributed by atoms with E-state index < -0.39 is 0 Å². The summed E-state index contributed by atoms with van der Waals surface area (Å²) in [5.74, 6) is 0.659. The molecule has 1 nitrogen and oxygen atoms in total. The van der Waals surface area contributed by atoms with Crippen LogP contribution in [0.2, 0.25) is 0 Å². The van der Waals surface area contributed by atoms with Crippen molar-refractivity contribution in [1.82, 2.24) is 0 Å². The van der Waals surface area contributed by atoms with Crippen LogP contribution in [0.3, 0.4) is 0 Å². The van der Waals surface area contributed by atoms with Gasteiger partial charge in [-0.15, -0.1) is 0 Å². The third kappa shape index (κ3) is 5.95. The first-order valence-electron chi connectivity index (χ1n) is 5.50. The van der Waals surface area contributed by atoms with Crippen LogP contribution in [0.25, 0.3) is 0 Å². The molecule has 1 aromatic carbocycles. The fraction of sp³-hybridized carbons (Fsp3) is 0.538. The van der Waals surface area contributed by atoms with Crippen molar-refractivity contribution in [3.8, 4) is 0 Å². The standard InChI is InChI=1S/C13H19BrO/c1-12(6-5-9-14)10-15-11-13-7-3-2-4-8-13/h2-4,7-8,12H,5-6,9-11H2,1H3. The van der Waals surface area contributed by atoms with Gasteiger partial charge in [-0.3, -0.25) is 0 Å². The minimum atomic E-state index is 0.659. The molecular formula is C13H19BrO. The molecule has 0 aliphatic carbocycles. The molecule has 0 N–H and O–H groups in total. The maximum absolute atomic E-state index is 5.66. The Hall–Kier alpha value is -0.340. The predicted octanol–water partition coefficient (Wildman–Crippen LogP) is 4.01. The van der Waals surface area contributed by atoms with Gasteiger partial charge in [0.15, 0.2) is 0 Å². The van der Waals surface area contributed by atoms with Gasteiger partial charge in [-0.2, -0.15) is 0 Å². The minimum Gasteiger partial charge on any atom is -0.376 e. The minimum absolute atomic E-state index is 0.659. The van der Waals surface area contributed by atoms with E-state index in [2.05, 4.69) is 35.0 Å². The fourth-order valence-electron chi connectivity index (χ4n) is 1.46. The number of hydrogen-bond donors (Lipinski definition) is 0. The van der Waals surface area contributed by atoms with Crippen molar-refractivity contribution in [2.45, 2.75) is 26.4 Å². The summed E-state index contributed by atoms with van der Waals surface area (Å²) in [7, 11) is 0. The highest BCUT2D eigenvalue weighted by atomic mass is 79.9. The van der Waals surface area contributed by atoms with Gasteiger partial charge in [0, 0.05) is 11.9 Å². The highest BCUT2D eigenvalue weighted by Crippen LogP contribution is 2.09. The smallest absolute Gasteiger partial charge is 0.0717 e. The largest absolute Gasteiger partial charge is 0.376 e. The molecule has 0 amide bonds. The van der Waals surface area contributed by atoms with Gasteiger partial charge in [0.05, 0.1) is 6.61 Å². The number of hydrogen-bond acceptors (Lipinski definition) is 1. The summed E-state index contributed by atoms with van der Waals surface area (Å²) in [5, 5.41) is 1.09. The summed E-state index contributed by atoms with van der Waals surface area (Å²) in [6.07, 6.45) is 2.47. The molecule has 0 saturated heterocycles. The van der Waals surface area contributed by atoms with Crippen molar-refractivity contribution in [3.63, 3.8) is 0 Å². The Morgan fingerprint density at radius 2 is 2.00 bits per heavy atom. The summed E-state index contributed by atoms with van der Waals surface area (Å²) in [5.41, 5.74) is 1.25. The van der Waals surface area contributed by atoms with Crippen molar-refractivity contribution < 1.29 is 4.74 Å². The van der Waals surface area contributed by atoms with Crippen LogP contribution in [0.4, 0.5) is 0 Å². The molecule has 1 aromatic rings. The van der Waals surface area contributed by atoms with Gasteiger partial charge in [0.2, 0.25) is 0 Å². The van der Waals surface area contributed by atoms with Crippen LogP contribution in [-0.2, 0) is 11.3 Å². The van der Waals surface area contributed by atoms with E-state index in [4.69, 9.17) is 4.74 Å². The van der Waals surface area contributed by atoms with Crippen LogP contribution >= 0.6 is 15.9 Å². The second kappa shape index (κ2) is 7.89. The molecule has 1 rings (SSSR count). The molecule has 15 heavy (non-hydrogen) atoms. The van der Waals surface area contributed by atoms with E-state index in [-0.39, 0.29) is 0 Å². The maximum atomic E-state index is 5.66. The zero-order valence-electron chi connectivity index (χ0n) is 9.29. The Labute approximate surface area is 101 Å². The monoisotopic (exact) mass is 270 g/mol. The summed E-state index contributed by atoms with van der Waals surface area (Å²) in [4.78, 5) is 0. The van der Waals surface area contributed by atoms with Gasteiger partial charge in [-0.1, -0.05) is 53.2 Å². The highest BCUT2D eigenvalue weighted by molar-refractivity contribution is 9.09. The van der Waals surface area contributed by atoms with Gasteiger partial charge >= 0.3 is 0 Å². The topological polar surface area (TPSA) is 9.23 Å². The lowest BCUT2D eigenvalue weighted by Crippen LogP contribution is -2.06. The molecule has 1 atom stereocenters. The lowest BCUT2D eigenvalue weighted by molar-refractivity contribution is 0.0894. The maximum Gasteiger partial charge on any atom is 0.0717 e. The number of alkyl halides is 1. The molecule has 2 heteroatoms. The molecule has 0 aliphatic rings. The zero-order valence-corrected chi connectivity index (χ0v) is 10.9. The number of halogens is 1. The Balaban J connectivity index is 2.11. The normalized spacial score (nSPS) is 12.7. The lowest BCUT2D eigenvalue weighted by Gasteiger charge is -2.11. The van der Waals surface area contributed by atoms with E-state index in [1.807, 2.05) is 18.2 Å². The molecule has 0 aromatic heterocycles. The van der Waals surface area contributed by atoms with Crippen LogP contribution in [0, 0.1) is 5.92 Å². The Morgan fingerprint density at radius 3 is 2.67 bits per heavy atom. The van der Waals surface area contributed by atoms with E-state index >= 15 is 0 Å². The van der Waals surface area contributed by atoms with Gasteiger partial charge in [-0.05, 0) is 24.3 Å². The first-order valence-corrected chi connectivity index (χ1v) is 6.62. The fourth-order valence-corrected chi connectivity index (χ4v) is 1.78. The molecule has 0 fully saturated rings. The van der Waals surface area contributed by atoms with Crippen molar-refractivity contribution in [1.29, 1.82) is 0 Å². The Kier molecular flexibility index (Phi) is 6.69. The number of benzene rings is 1. The van der Waals surface area contributed by atoms with Crippen LogP contribution in [0.5, 0.6) is 0 Å². The second-order valence-electron chi connectivity index (χ2n) is 3.94. The molecule has 0 aliphatic heterocycles. The van der Waals surface area contributed by atoms with E-state index in [0.29, 0.717) is 5.92 Å². The summed E-state index contributed by atoms with van der Waals surface area (Å²) >= 11 is 3.44. The zero-order chi connectivity index (χ0) is 10.9. The Bertz CT molecular complexity index is 248. The van der Waals surface area contributed by atoms with Crippen LogP contribution in [-0.4, -0.2) is 11.9 Å². The number of rotatable bonds is 7. The van der Waals surface area contributed by atoms with E-state index in [1.54, 1.807) is 0 Å². The van der Waals surface area contributed by atoms with E-state index in [0.717, 1.165) is 18.5 Å². The molecule has 0 spiro atoms. The number of ether oxygens (including phenoxy) is 1. The van der Waals surface area contributed by atoms with E-state index in [9.17, 15) is 0 Å². The quantitative estimate of drug-likeness (QED) is 0.681. The van der Waals surface area contributed by atoms with Gasteiger partial charge in [0.25, 0.3) is 0 Å². The molecule has 0 saturated carbocycles. The molecule has 0 radical (unpaired) electrons. The highest BCUT2D eigenvalue weighted by Gasteiger charge is 2.01. The molecule has 1 unspecified atom stereocenters. The molecule has 84 valence electrons. The molecule has 0 heterocycles. The van der Waals surface area contributed by atoms with Crippen molar-refractivity contribution in [2.24, 2.45) is 5.92 Å². The Morgan fingerprint density at radius 1 is 1.27 bits per heavy atom. The average molecular weight is 271 g/mol. The average Bonchev–Trinajstić information content (AvgIpc) is 2.28.